The number of carbonyl (C=O) groups is 3. The number of benzene rings is 1. The highest BCUT2D eigenvalue weighted by atomic mass is 16.2. The first-order valence-electron chi connectivity index (χ1n) is 8.52. The van der Waals surface area contributed by atoms with Gasteiger partial charge in [0.15, 0.2) is 0 Å². The molecule has 24 heavy (non-hydrogen) atoms. The van der Waals surface area contributed by atoms with Crippen LogP contribution >= 0.6 is 0 Å². The second-order valence-corrected chi connectivity index (χ2v) is 6.55. The highest BCUT2D eigenvalue weighted by Crippen LogP contribution is 2.24. The topological polar surface area (TPSA) is 83.7 Å². The third-order valence-electron chi connectivity index (χ3n) is 4.97. The predicted molar refractivity (Wildman–Crippen MR) is 89.0 cm³/mol. The Bertz CT molecular complexity index is 632. The zero-order valence-electron chi connectivity index (χ0n) is 13.7. The van der Waals surface area contributed by atoms with Crippen LogP contribution in [0, 0.1) is 5.92 Å². The van der Waals surface area contributed by atoms with Crippen molar-refractivity contribution < 1.29 is 14.4 Å². The Kier molecular flexibility index (Phi) is 4.83. The SMILES string of the molecule is NC(=O)C1CCN(C(=O)C2CCCCN2C(=O)c2ccccc2)C1. The highest BCUT2D eigenvalue weighted by molar-refractivity contribution is 5.97. The molecule has 0 aromatic heterocycles. The number of hydrogen-bond donors (Lipinski definition) is 1. The summed E-state index contributed by atoms with van der Waals surface area (Å²) in [6.07, 6.45) is 3.13. The molecule has 6 nitrogen and oxygen atoms in total. The van der Waals surface area contributed by atoms with Gasteiger partial charge in [-0.05, 0) is 37.8 Å². The summed E-state index contributed by atoms with van der Waals surface area (Å²) < 4.78 is 0. The van der Waals surface area contributed by atoms with Crippen molar-refractivity contribution in [3.8, 4) is 0 Å². The lowest BCUT2D eigenvalue weighted by atomic mass is 9.99. The van der Waals surface area contributed by atoms with Gasteiger partial charge in [0.1, 0.15) is 6.04 Å². The molecule has 0 saturated carbocycles. The largest absolute Gasteiger partial charge is 0.369 e. The molecule has 2 unspecified atom stereocenters. The zero-order valence-corrected chi connectivity index (χ0v) is 13.7. The van der Waals surface area contributed by atoms with E-state index in [2.05, 4.69) is 0 Å². The summed E-state index contributed by atoms with van der Waals surface area (Å²) in [5.41, 5.74) is 5.95. The Labute approximate surface area is 141 Å². The average Bonchev–Trinajstić information content (AvgIpc) is 3.12. The molecule has 6 heteroatoms. The minimum atomic E-state index is -0.432. The number of amides is 3. The molecule has 0 bridgehead atoms. The number of rotatable bonds is 3. The smallest absolute Gasteiger partial charge is 0.254 e. The number of piperidine rings is 1. The van der Waals surface area contributed by atoms with Crippen LogP contribution in [0.4, 0.5) is 0 Å². The first-order valence-corrected chi connectivity index (χ1v) is 8.52. The van der Waals surface area contributed by atoms with Crippen molar-refractivity contribution in [2.45, 2.75) is 31.7 Å². The van der Waals surface area contributed by atoms with Gasteiger partial charge in [-0.1, -0.05) is 18.2 Å². The van der Waals surface area contributed by atoms with E-state index in [0.29, 0.717) is 38.0 Å². The first kappa shape index (κ1) is 16.5. The van der Waals surface area contributed by atoms with Gasteiger partial charge >= 0.3 is 0 Å². The van der Waals surface area contributed by atoms with Gasteiger partial charge in [0.05, 0.1) is 5.92 Å². The van der Waals surface area contributed by atoms with Crippen LogP contribution in [0.2, 0.25) is 0 Å². The van der Waals surface area contributed by atoms with Gasteiger partial charge in [-0.15, -0.1) is 0 Å². The van der Waals surface area contributed by atoms with Crippen LogP contribution in [0.1, 0.15) is 36.0 Å². The number of carbonyl (C=O) groups excluding carboxylic acids is 3. The standard InChI is InChI=1S/C18H23N3O3/c19-16(22)14-9-11-20(12-14)18(24)15-8-4-5-10-21(15)17(23)13-6-2-1-3-7-13/h1-3,6-7,14-15H,4-5,8-12H2,(H2,19,22). The molecule has 128 valence electrons. The Morgan fingerprint density at radius 2 is 1.75 bits per heavy atom. The van der Waals surface area contributed by atoms with E-state index < -0.39 is 6.04 Å². The third kappa shape index (κ3) is 3.27. The van der Waals surface area contributed by atoms with Gasteiger partial charge in [-0.3, -0.25) is 14.4 Å². The quantitative estimate of drug-likeness (QED) is 0.898. The average molecular weight is 329 g/mol. The molecular formula is C18H23N3O3. The normalized spacial score (nSPS) is 24.0. The predicted octanol–water partition coefficient (Wildman–Crippen LogP) is 1.02. The summed E-state index contributed by atoms with van der Waals surface area (Å²) in [6, 6.07) is 8.63. The van der Waals surface area contributed by atoms with Crippen molar-refractivity contribution in [1.29, 1.82) is 0 Å². The lowest BCUT2D eigenvalue weighted by Gasteiger charge is -2.36. The van der Waals surface area contributed by atoms with Gasteiger partial charge in [0.2, 0.25) is 11.8 Å². The summed E-state index contributed by atoms with van der Waals surface area (Å²) in [5.74, 6) is -0.774. The van der Waals surface area contributed by atoms with Crippen molar-refractivity contribution in [2.24, 2.45) is 11.7 Å². The summed E-state index contributed by atoms with van der Waals surface area (Å²) in [6.45, 7) is 1.51. The Morgan fingerprint density at radius 1 is 1.00 bits per heavy atom. The van der Waals surface area contributed by atoms with E-state index in [9.17, 15) is 14.4 Å². The maximum atomic E-state index is 12.9. The minimum absolute atomic E-state index is 0.0530. The van der Waals surface area contributed by atoms with Crippen LogP contribution < -0.4 is 5.73 Å². The molecule has 2 N–H and O–H groups in total. The molecule has 2 aliphatic rings. The zero-order chi connectivity index (χ0) is 17.1. The monoisotopic (exact) mass is 329 g/mol. The number of primary amides is 1. The Morgan fingerprint density at radius 3 is 2.42 bits per heavy atom. The van der Waals surface area contributed by atoms with E-state index in [1.54, 1.807) is 21.9 Å². The van der Waals surface area contributed by atoms with Crippen molar-refractivity contribution in [1.82, 2.24) is 9.80 Å². The van der Waals surface area contributed by atoms with Gasteiger partial charge in [0.25, 0.3) is 5.91 Å². The Hall–Kier alpha value is -2.37. The number of nitrogens with zero attached hydrogens (tertiary/aromatic N) is 2. The summed E-state index contributed by atoms with van der Waals surface area (Å²) in [5, 5.41) is 0. The van der Waals surface area contributed by atoms with E-state index >= 15 is 0 Å². The molecule has 1 aromatic carbocycles. The number of nitrogens with two attached hydrogens (primary N) is 1. The molecule has 0 spiro atoms. The molecule has 0 radical (unpaired) electrons. The molecule has 1 aromatic rings. The van der Waals surface area contributed by atoms with Crippen LogP contribution in [-0.4, -0.2) is 53.2 Å². The van der Waals surface area contributed by atoms with Crippen LogP contribution in [0.15, 0.2) is 30.3 Å². The van der Waals surface area contributed by atoms with Gasteiger partial charge < -0.3 is 15.5 Å². The number of hydrogen-bond acceptors (Lipinski definition) is 3. The van der Waals surface area contributed by atoms with Crippen LogP contribution in [0.25, 0.3) is 0 Å². The second-order valence-electron chi connectivity index (χ2n) is 6.55. The summed E-state index contributed by atoms with van der Waals surface area (Å²) >= 11 is 0. The maximum absolute atomic E-state index is 12.9. The first-order chi connectivity index (χ1) is 11.6. The van der Waals surface area contributed by atoms with Gasteiger partial charge in [0, 0.05) is 25.2 Å². The maximum Gasteiger partial charge on any atom is 0.254 e. The third-order valence-corrected chi connectivity index (χ3v) is 4.97. The van der Waals surface area contributed by atoms with Crippen molar-refractivity contribution in [3.63, 3.8) is 0 Å². The fourth-order valence-corrected chi connectivity index (χ4v) is 3.58. The van der Waals surface area contributed by atoms with E-state index in [1.807, 2.05) is 18.2 Å². The van der Waals surface area contributed by atoms with Crippen LogP contribution in [0.5, 0.6) is 0 Å². The molecule has 2 fully saturated rings. The van der Waals surface area contributed by atoms with E-state index in [1.165, 1.54) is 0 Å². The lowest BCUT2D eigenvalue weighted by molar-refractivity contribution is -0.136. The minimum Gasteiger partial charge on any atom is -0.369 e. The fourth-order valence-electron chi connectivity index (χ4n) is 3.58. The molecule has 2 saturated heterocycles. The van der Waals surface area contributed by atoms with Crippen LogP contribution in [-0.2, 0) is 9.59 Å². The van der Waals surface area contributed by atoms with Crippen LogP contribution in [0.3, 0.4) is 0 Å². The van der Waals surface area contributed by atoms with E-state index in [4.69, 9.17) is 5.73 Å². The lowest BCUT2D eigenvalue weighted by Crippen LogP contribution is -2.52. The van der Waals surface area contributed by atoms with Gasteiger partial charge in [-0.2, -0.15) is 0 Å². The second kappa shape index (κ2) is 7.03. The van der Waals surface area contributed by atoms with E-state index in [-0.39, 0.29) is 23.6 Å². The molecule has 0 aliphatic carbocycles. The van der Waals surface area contributed by atoms with Gasteiger partial charge in [-0.25, -0.2) is 0 Å². The molecule has 3 rings (SSSR count). The number of likely N-dealkylation sites (tertiary alicyclic amines) is 2. The van der Waals surface area contributed by atoms with Crippen molar-refractivity contribution >= 4 is 17.7 Å². The summed E-state index contributed by atoms with van der Waals surface area (Å²) in [4.78, 5) is 40.4. The molecular weight excluding hydrogens is 306 g/mol. The Balaban J connectivity index is 1.74. The molecule has 2 atom stereocenters. The highest BCUT2D eigenvalue weighted by Gasteiger charge is 2.38. The fraction of sp³-hybridized carbons (Fsp3) is 0.500. The molecule has 2 aliphatic heterocycles. The van der Waals surface area contributed by atoms with E-state index in [0.717, 1.165) is 12.8 Å². The summed E-state index contributed by atoms with van der Waals surface area (Å²) in [7, 11) is 0. The van der Waals surface area contributed by atoms with Crippen molar-refractivity contribution in [2.75, 3.05) is 19.6 Å². The molecule has 2 heterocycles. The molecule has 3 amide bonds. The van der Waals surface area contributed by atoms with Crippen molar-refractivity contribution in [3.05, 3.63) is 35.9 Å².